The minimum atomic E-state index is -3.74. The molecule has 0 aliphatic heterocycles. The molecule has 0 spiro atoms. The minimum Gasteiger partial charge on any atom is -0.369 e. The van der Waals surface area contributed by atoms with E-state index in [0.717, 1.165) is 17.5 Å². The van der Waals surface area contributed by atoms with Gasteiger partial charge in [0, 0.05) is 0 Å². The second-order valence-corrected chi connectivity index (χ2v) is 5.54. The van der Waals surface area contributed by atoms with Crippen LogP contribution in [0.1, 0.15) is 17.8 Å². The van der Waals surface area contributed by atoms with Crippen LogP contribution in [-0.2, 0) is 14.8 Å². The predicted molar refractivity (Wildman–Crippen MR) is 51.1 cm³/mol. The summed E-state index contributed by atoms with van der Waals surface area (Å²) in [6.45, 7) is 1.55. The van der Waals surface area contributed by atoms with E-state index < -0.39 is 21.8 Å². The average Bonchev–Trinajstić information content (AvgIpc) is 2.49. The molecule has 1 aromatic heterocycles. The van der Waals surface area contributed by atoms with Crippen molar-refractivity contribution in [2.75, 3.05) is 0 Å². The number of nitrogens with zero attached hydrogens (tertiary/aromatic N) is 1. The number of carbonyl (C=O) groups excluding carboxylic acids is 1. The molecule has 8 heteroatoms. The summed E-state index contributed by atoms with van der Waals surface area (Å²) in [7, 11) is -3.74. The van der Waals surface area contributed by atoms with E-state index in [1.807, 2.05) is 0 Å². The van der Waals surface area contributed by atoms with Gasteiger partial charge < -0.3 is 5.73 Å². The van der Waals surface area contributed by atoms with Crippen molar-refractivity contribution in [3.05, 3.63) is 11.2 Å². The van der Waals surface area contributed by atoms with Gasteiger partial charge in [0.25, 0.3) is 0 Å². The zero-order valence-corrected chi connectivity index (χ0v) is 8.93. The Hall–Kier alpha value is -0.990. The molecule has 1 heterocycles. The molecule has 1 unspecified atom stereocenters. The van der Waals surface area contributed by atoms with E-state index in [9.17, 15) is 13.2 Å². The molecule has 1 atom stereocenters. The van der Waals surface area contributed by atoms with Gasteiger partial charge in [-0.15, -0.1) is 11.3 Å². The van der Waals surface area contributed by atoms with Crippen LogP contribution in [-0.4, -0.2) is 19.3 Å². The molecule has 0 saturated carbocycles. The van der Waals surface area contributed by atoms with Gasteiger partial charge in [0.1, 0.15) is 5.01 Å². The van der Waals surface area contributed by atoms with E-state index in [1.165, 1.54) is 0 Å². The number of hydrogen-bond donors (Lipinski definition) is 2. The van der Waals surface area contributed by atoms with E-state index in [2.05, 4.69) is 4.98 Å². The highest BCUT2D eigenvalue weighted by Crippen LogP contribution is 2.23. The van der Waals surface area contributed by atoms with Gasteiger partial charge in [-0.05, 0) is 6.92 Å². The van der Waals surface area contributed by atoms with Crippen molar-refractivity contribution in [1.29, 1.82) is 0 Å². The van der Waals surface area contributed by atoms with Crippen LogP contribution in [0.15, 0.2) is 10.4 Å². The Bertz CT molecular complexity index is 451. The molecule has 0 saturated heterocycles. The fraction of sp³-hybridized carbons (Fsp3) is 0.333. The van der Waals surface area contributed by atoms with Gasteiger partial charge in [-0.1, -0.05) is 0 Å². The summed E-state index contributed by atoms with van der Waals surface area (Å²) in [5.74, 6) is -1.16. The van der Waals surface area contributed by atoms with Crippen LogP contribution in [0, 0.1) is 0 Å². The molecule has 0 aromatic carbocycles. The van der Waals surface area contributed by atoms with Gasteiger partial charge in [-0.25, -0.2) is 18.5 Å². The molecule has 78 valence electrons. The first kappa shape index (κ1) is 11.1. The lowest BCUT2D eigenvalue weighted by Crippen LogP contribution is -2.18. The van der Waals surface area contributed by atoms with E-state index in [1.54, 1.807) is 6.92 Å². The highest BCUT2D eigenvalue weighted by molar-refractivity contribution is 7.91. The lowest BCUT2D eigenvalue weighted by atomic mass is 10.2. The lowest BCUT2D eigenvalue weighted by Gasteiger charge is -2.00. The number of nitrogens with two attached hydrogens (primary N) is 2. The standard InChI is InChI=1S/C6H9N3O3S2/c1-3(5(7)10)6-9-2-4(13-6)14(8,11)12/h2-3H,1H3,(H2,7,10)(H2,8,11,12). The Morgan fingerprint density at radius 1 is 1.64 bits per heavy atom. The second kappa shape index (κ2) is 3.64. The topological polar surface area (TPSA) is 116 Å². The fourth-order valence-corrected chi connectivity index (χ4v) is 2.36. The SMILES string of the molecule is CC(C(N)=O)c1ncc(S(N)(=O)=O)s1. The maximum Gasteiger partial charge on any atom is 0.249 e. The molecule has 0 bridgehead atoms. The first-order valence-electron chi connectivity index (χ1n) is 3.60. The summed E-state index contributed by atoms with van der Waals surface area (Å²) in [6.07, 6.45) is 1.12. The molecule has 0 aliphatic carbocycles. The maximum absolute atomic E-state index is 10.9. The largest absolute Gasteiger partial charge is 0.369 e. The smallest absolute Gasteiger partial charge is 0.249 e. The zero-order chi connectivity index (χ0) is 10.9. The van der Waals surface area contributed by atoms with Crippen LogP contribution >= 0.6 is 11.3 Å². The van der Waals surface area contributed by atoms with Crippen molar-refractivity contribution in [2.24, 2.45) is 10.9 Å². The molecule has 0 fully saturated rings. The molecule has 1 rings (SSSR count). The first-order chi connectivity index (χ1) is 6.32. The Morgan fingerprint density at radius 2 is 2.21 bits per heavy atom. The van der Waals surface area contributed by atoms with E-state index in [0.29, 0.717) is 5.01 Å². The van der Waals surface area contributed by atoms with Crippen LogP contribution in [0.2, 0.25) is 0 Å². The molecule has 0 aliphatic rings. The number of sulfonamides is 1. The number of thiazole rings is 1. The van der Waals surface area contributed by atoms with Crippen molar-refractivity contribution in [1.82, 2.24) is 4.98 Å². The highest BCUT2D eigenvalue weighted by Gasteiger charge is 2.19. The van der Waals surface area contributed by atoms with E-state index in [-0.39, 0.29) is 4.21 Å². The molecule has 1 amide bonds. The molecule has 0 radical (unpaired) electrons. The number of aromatic nitrogens is 1. The lowest BCUT2D eigenvalue weighted by molar-refractivity contribution is -0.119. The van der Waals surface area contributed by atoms with E-state index in [4.69, 9.17) is 10.9 Å². The highest BCUT2D eigenvalue weighted by atomic mass is 32.2. The summed E-state index contributed by atoms with van der Waals surface area (Å²) in [6, 6.07) is 0. The summed E-state index contributed by atoms with van der Waals surface area (Å²) in [4.78, 5) is 14.5. The minimum absolute atomic E-state index is 0.0689. The molecule has 14 heavy (non-hydrogen) atoms. The summed E-state index contributed by atoms with van der Waals surface area (Å²) >= 11 is 0.851. The third kappa shape index (κ3) is 2.28. The third-order valence-electron chi connectivity index (χ3n) is 1.58. The third-order valence-corrected chi connectivity index (χ3v) is 4.17. The van der Waals surface area contributed by atoms with Crippen LogP contribution in [0.5, 0.6) is 0 Å². The van der Waals surface area contributed by atoms with Crippen molar-refractivity contribution in [2.45, 2.75) is 17.1 Å². The molecular formula is C6H9N3O3S2. The Kier molecular flexibility index (Phi) is 2.88. The average molecular weight is 235 g/mol. The van der Waals surface area contributed by atoms with Gasteiger partial charge in [-0.3, -0.25) is 4.79 Å². The monoisotopic (exact) mass is 235 g/mol. The van der Waals surface area contributed by atoms with Crippen molar-refractivity contribution in [3.8, 4) is 0 Å². The van der Waals surface area contributed by atoms with Crippen LogP contribution in [0.4, 0.5) is 0 Å². The molecule has 6 nitrogen and oxygen atoms in total. The van der Waals surface area contributed by atoms with Crippen molar-refractivity contribution >= 4 is 27.3 Å². The first-order valence-corrected chi connectivity index (χ1v) is 5.96. The molecule has 4 N–H and O–H groups in total. The number of rotatable bonds is 3. The molecular weight excluding hydrogens is 226 g/mol. The van der Waals surface area contributed by atoms with Crippen molar-refractivity contribution in [3.63, 3.8) is 0 Å². The number of primary sulfonamides is 1. The molecule has 1 aromatic rings. The second-order valence-electron chi connectivity index (χ2n) is 2.69. The quantitative estimate of drug-likeness (QED) is 0.726. The zero-order valence-electron chi connectivity index (χ0n) is 7.30. The summed E-state index contributed by atoms with van der Waals surface area (Å²) in [5, 5.41) is 5.22. The number of hydrogen-bond acceptors (Lipinski definition) is 5. The van der Waals surface area contributed by atoms with Gasteiger partial charge >= 0.3 is 0 Å². The number of carbonyl (C=O) groups is 1. The van der Waals surface area contributed by atoms with Crippen LogP contribution in [0.25, 0.3) is 0 Å². The number of primary amides is 1. The van der Waals surface area contributed by atoms with Gasteiger partial charge in [0.15, 0.2) is 4.21 Å². The Balaban J connectivity index is 3.06. The van der Waals surface area contributed by atoms with Gasteiger partial charge in [0.2, 0.25) is 15.9 Å². The summed E-state index contributed by atoms with van der Waals surface area (Å²) < 4.78 is 21.7. The Morgan fingerprint density at radius 3 is 2.57 bits per heavy atom. The number of amides is 1. The predicted octanol–water partition coefficient (Wildman–Crippen LogP) is -0.621. The maximum atomic E-state index is 10.9. The fourth-order valence-electron chi connectivity index (χ4n) is 0.726. The summed E-state index contributed by atoms with van der Waals surface area (Å²) in [5.41, 5.74) is 5.03. The van der Waals surface area contributed by atoms with Gasteiger partial charge in [-0.2, -0.15) is 0 Å². The van der Waals surface area contributed by atoms with E-state index >= 15 is 0 Å². The van der Waals surface area contributed by atoms with Crippen LogP contribution in [0.3, 0.4) is 0 Å². The Labute approximate surface area is 85.0 Å². The van der Waals surface area contributed by atoms with Crippen molar-refractivity contribution < 1.29 is 13.2 Å². The normalized spacial score (nSPS) is 13.9. The van der Waals surface area contributed by atoms with Gasteiger partial charge in [0.05, 0.1) is 12.1 Å². The van der Waals surface area contributed by atoms with Crippen LogP contribution < -0.4 is 10.9 Å².